The summed E-state index contributed by atoms with van der Waals surface area (Å²) < 4.78 is 5.35. The van der Waals surface area contributed by atoms with Gasteiger partial charge in [-0.25, -0.2) is 9.97 Å². The predicted octanol–water partition coefficient (Wildman–Crippen LogP) is 4.49. The topological polar surface area (TPSA) is 59.1 Å². The molecule has 122 valence electrons. The fourth-order valence-electron chi connectivity index (χ4n) is 2.27. The quantitative estimate of drug-likeness (QED) is 0.692. The monoisotopic (exact) mass is 340 g/mol. The van der Waals surface area contributed by atoms with Crippen molar-refractivity contribution in [2.24, 2.45) is 0 Å². The van der Waals surface area contributed by atoms with Crippen LogP contribution in [-0.2, 0) is 6.54 Å². The molecule has 3 rings (SSSR count). The van der Waals surface area contributed by atoms with E-state index in [4.69, 9.17) is 16.3 Å². The van der Waals surface area contributed by atoms with Crippen LogP contribution in [-0.4, -0.2) is 17.1 Å². The second-order valence-corrected chi connectivity index (χ2v) is 5.53. The Morgan fingerprint density at radius 1 is 1.00 bits per heavy atom. The van der Waals surface area contributed by atoms with E-state index in [-0.39, 0.29) is 0 Å². The van der Waals surface area contributed by atoms with Crippen molar-refractivity contribution in [2.75, 3.05) is 17.7 Å². The molecule has 0 radical (unpaired) electrons. The highest BCUT2D eigenvalue weighted by Gasteiger charge is 2.03. The fourth-order valence-corrected chi connectivity index (χ4v) is 2.46. The number of anilines is 3. The number of methoxy groups -OCH3 is 1. The fraction of sp³-hybridized carbons (Fsp3) is 0.111. The number of benzene rings is 2. The van der Waals surface area contributed by atoms with E-state index in [2.05, 4.69) is 20.6 Å². The van der Waals surface area contributed by atoms with E-state index in [1.54, 1.807) is 7.11 Å². The molecule has 2 aromatic carbocycles. The van der Waals surface area contributed by atoms with Gasteiger partial charge in [-0.05, 0) is 24.3 Å². The highest BCUT2D eigenvalue weighted by molar-refractivity contribution is 6.30. The average molecular weight is 341 g/mol. The third-order valence-electron chi connectivity index (χ3n) is 3.42. The molecule has 0 fully saturated rings. The van der Waals surface area contributed by atoms with Crippen LogP contribution in [0.4, 0.5) is 17.3 Å². The van der Waals surface area contributed by atoms with Crippen molar-refractivity contribution in [1.29, 1.82) is 0 Å². The predicted molar refractivity (Wildman–Crippen MR) is 97.1 cm³/mol. The van der Waals surface area contributed by atoms with Crippen molar-refractivity contribution in [3.63, 3.8) is 0 Å². The number of para-hydroxylation sites is 1. The summed E-state index contributed by atoms with van der Waals surface area (Å²) in [5.41, 5.74) is 1.93. The van der Waals surface area contributed by atoms with Gasteiger partial charge in [-0.15, -0.1) is 0 Å². The highest BCUT2D eigenvalue weighted by atomic mass is 35.5. The Morgan fingerprint density at radius 3 is 2.67 bits per heavy atom. The van der Waals surface area contributed by atoms with E-state index >= 15 is 0 Å². The molecule has 1 aromatic heterocycles. The minimum absolute atomic E-state index is 0.609. The lowest BCUT2D eigenvalue weighted by atomic mass is 10.2. The maximum atomic E-state index is 5.99. The first kappa shape index (κ1) is 16.1. The summed E-state index contributed by atoms with van der Waals surface area (Å²) in [5.74, 6) is 2.26. The van der Waals surface area contributed by atoms with E-state index in [1.807, 2.05) is 54.6 Å². The molecule has 0 aliphatic carbocycles. The van der Waals surface area contributed by atoms with Crippen molar-refractivity contribution in [3.8, 4) is 5.75 Å². The van der Waals surface area contributed by atoms with Gasteiger partial charge >= 0.3 is 0 Å². The van der Waals surface area contributed by atoms with Crippen LogP contribution < -0.4 is 15.4 Å². The van der Waals surface area contributed by atoms with Crippen molar-refractivity contribution in [1.82, 2.24) is 9.97 Å². The Morgan fingerprint density at radius 2 is 1.83 bits per heavy atom. The molecule has 0 unspecified atom stereocenters. The van der Waals surface area contributed by atoms with Gasteiger partial charge in [0.1, 0.15) is 23.7 Å². The molecule has 0 atom stereocenters. The smallest absolute Gasteiger partial charge is 0.135 e. The van der Waals surface area contributed by atoms with Crippen LogP contribution in [0.25, 0.3) is 0 Å². The number of hydrogen-bond donors (Lipinski definition) is 2. The minimum atomic E-state index is 0.609. The Hall–Kier alpha value is -2.79. The molecule has 0 saturated heterocycles. The number of aromatic nitrogens is 2. The van der Waals surface area contributed by atoms with Crippen LogP contribution in [0.1, 0.15) is 5.56 Å². The second kappa shape index (κ2) is 7.66. The lowest BCUT2D eigenvalue weighted by Crippen LogP contribution is -2.04. The Labute approximate surface area is 145 Å². The van der Waals surface area contributed by atoms with Crippen LogP contribution in [0.3, 0.4) is 0 Å². The van der Waals surface area contributed by atoms with E-state index in [0.717, 1.165) is 22.8 Å². The Balaban J connectivity index is 1.69. The first-order valence-electron chi connectivity index (χ1n) is 7.45. The summed E-state index contributed by atoms with van der Waals surface area (Å²) in [6.45, 7) is 0.609. The molecule has 6 heteroatoms. The molecule has 0 aliphatic rings. The molecule has 24 heavy (non-hydrogen) atoms. The molecule has 3 aromatic rings. The van der Waals surface area contributed by atoms with Crippen molar-refractivity contribution >= 4 is 28.9 Å². The van der Waals surface area contributed by atoms with Gasteiger partial charge in [0.2, 0.25) is 0 Å². The molecule has 5 nitrogen and oxygen atoms in total. The van der Waals surface area contributed by atoms with E-state index in [9.17, 15) is 0 Å². The zero-order chi connectivity index (χ0) is 16.8. The average Bonchev–Trinajstić information content (AvgIpc) is 2.60. The van der Waals surface area contributed by atoms with Crippen LogP contribution in [0.2, 0.25) is 5.02 Å². The van der Waals surface area contributed by atoms with Crippen LogP contribution in [0, 0.1) is 0 Å². The highest BCUT2D eigenvalue weighted by Crippen LogP contribution is 2.21. The third kappa shape index (κ3) is 4.14. The molecule has 2 N–H and O–H groups in total. The standard InChI is InChI=1S/C18H17ClN4O/c1-24-16-8-3-2-5-13(16)11-20-17-10-18(22-12-21-17)23-15-7-4-6-14(19)9-15/h2-10,12H,11H2,1H3,(H2,20,21,22,23). The summed E-state index contributed by atoms with van der Waals surface area (Å²) in [6, 6.07) is 17.2. The number of rotatable bonds is 6. The van der Waals surface area contributed by atoms with Crippen molar-refractivity contribution in [3.05, 3.63) is 71.5 Å². The van der Waals surface area contributed by atoms with Gasteiger partial charge in [-0.1, -0.05) is 35.9 Å². The Kier molecular flexibility index (Phi) is 5.13. The molecule has 0 aliphatic heterocycles. The number of ether oxygens (including phenoxy) is 1. The lowest BCUT2D eigenvalue weighted by Gasteiger charge is -2.11. The SMILES string of the molecule is COc1ccccc1CNc1cc(Nc2cccc(Cl)c2)ncn1. The number of nitrogens with zero attached hydrogens (tertiary/aromatic N) is 2. The number of nitrogens with one attached hydrogen (secondary N) is 2. The molecule has 0 bridgehead atoms. The summed E-state index contributed by atoms with van der Waals surface area (Å²) in [7, 11) is 1.66. The largest absolute Gasteiger partial charge is 0.496 e. The number of halogens is 1. The van der Waals surface area contributed by atoms with Gasteiger partial charge in [0, 0.05) is 28.9 Å². The molecule has 0 saturated carbocycles. The minimum Gasteiger partial charge on any atom is -0.496 e. The zero-order valence-corrected chi connectivity index (χ0v) is 13.9. The lowest BCUT2D eigenvalue weighted by molar-refractivity contribution is 0.410. The summed E-state index contributed by atoms with van der Waals surface area (Å²) in [4.78, 5) is 8.46. The van der Waals surface area contributed by atoms with Gasteiger partial charge < -0.3 is 15.4 Å². The third-order valence-corrected chi connectivity index (χ3v) is 3.65. The van der Waals surface area contributed by atoms with Crippen LogP contribution in [0.15, 0.2) is 60.9 Å². The van der Waals surface area contributed by atoms with Crippen LogP contribution in [0.5, 0.6) is 5.75 Å². The van der Waals surface area contributed by atoms with Crippen molar-refractivity contribution < 1.29 is 4.74 Å². The normalized spacial score (nSPS) is 10.2. The molecule has 1 heterocycles. The zero-order valence-electron chi connectivity index (χ0n) is 13.2. The van der Waals surface area contributed by atoms with Gasteiger partial charge in [0.05, 0.1) is 7.11 Å². The van der Waals surface area contributed by atoms with Gasteiger partial charge in [-0.2, -0.15) is 0 Å². The summed E-state index contributed by atoms with van der Waals surface area (Å²) >= 11 is 5.99. The van der Waals surface area contributed by atoms with Gasteiger partial charge in [-0.3, -0.25) is 0 Å². The van der Waals surface area contributed by atoms with Gasteiger partial charge in [0.15, 0.2) is 0 Å². The molecule has 0 spiro atoms. The van der Waals surface area contributed by atoms with E-state index in [1.165, 1.54) is 6.33 Å². The Bertz CT molecular complexity index is 825. The number of hydrogen-bond acceptors (Lipinski definition) is 5. The first-order valence-corrected chi connectivity index (χ1v) is 7.83. The van der Waals surface area contributed by atoms with Gasteiger partial charge in [0.25, 0.3) is 0 Å². The maximum absolute atomic E-state index is 5.99. The maximum Gasteiger partial charge on any atom is 0.135 e. The molecular formula is C18H17ClN4O. The summed E-state index contributed by atoms with van der Waals surface area (Å²) in [6.07, 6.45) is 1.51. The first-order chi connectivity index (χ1) is 11.7. The molecule has 0 amide bonds. The van der Waals surface area contributed by atoms with Crippen LogP contribution >= 0.6 is 11.6 Å². The van der Waals surface area contributed by atoms with E-state index in [0.29, 0.717) is 17.4 Å². The second-order valence-electron chi connectivity index (χ2n) is 5.09. The molecular weight excluding hydrogens is 324 g/mol. The summed E-state index contributed by atoms with van der Waals surface area (Å²) in [5, 5.41) is 7.15. The van der Waals surface area contributed by atoms with E-state index < -0.39 is 0 Å². The van der Waals surface area contributed by atoms with Crippen molar-refractivity contribution in [2.45, 2.75) is 6.54 Å².